The largest absolute Gasteiger partial charge is 0.440 e. The summed E-state index contributed by atoms with van der Waals surface area (Å²) in [4.78, 5) is 20.3. The van der Waals surface area contributed by atoms with E-state index >= 15 is 0 Å². The van der Waals surface area contributed by atoms with Gasteiger partial charge >= 0.3 is 0 Å². The van der Waals surface area contributed by atoms with E-state index in [2.05, 4.69) is 4.98 Å². The minimum Gasteiger partial charge on any atom is -0.440 e. The molecule has 2 aliphatic heterocycles. The van der Waals surface area contributed by atoms with Crippen molar-refractivity contribution in [1.82, 2.24) is 14.2 Å². The van der Waals surface area contributed by atoms with Crippen LogP contribution in [0, 0.1) is 20.8 Å². The molecule has 3 heterocycles. The highest BCUT2D eigenvalue weighted by Gasteiger charge is 2.43. The van der Waals surface area contributed by atoms with E-state index in [-0.39, 0.29) is 11.8 Å². The van der Waals surface area contributed by atoms with Gasteiger partial charge in [-0.05, 0) is 69.7 Å². The number of aryl methyl sites for hydroxylation is 3. The number of hydrogen-bond acceptors (Lipinski definition) is 5. The SMILES string of the molecule is Cc1cc(C)c(S(=O)(=O)N2CCCC2C(=O)N2CCC(c3nc4ccccc4o3)CC2)c(C)c1. The van der Waals surface area contributed by atoms with Crippen molar-refractivity contribution in [2.24, 2.45) is 0 Å². The number of aromatic nitrogens is 1. The highest BCUT2D eigenvalue weighted by atomic mass is 32.2. The Kier molecular flexibility index (Phi) is 5.98. The molecule has 2 aromatic carbocycles. The number of carbonyl (C=O) groups excluding carboxylic acids is 1. The molecule has 2 fully saturated rings. The number of para-hydroxylation sites is 2. The van der Waals surface area contributed by atoms with Crippen LogP contribution in [0.2, 0.25) is 0 Å². The Morgan fingerprint density at radius 1 is 1.00 bits per heavy atom. The Morgan fingerprint density at radius 2 is 1.68 bits per heavy atom. The molecule has 1 unspecified atom stereocenters. The van der Waals surface area contributed by atoms with Crippen molar-refractivity contribution < 1.29 is 17.6 Å². The molecule has 180 valence electrons. The summed E-state index contributed by atoms with van der Waals surface area (Å²) < 4.78 is 34.7. The van der Waals surface area contributed by atoms with Crippen molar-refractivity contribution in [3.63, 3.8) is 0 Å². The summed E-state index contributed by atoms with van der Waals surface area (Å²) in [6.45, 7) is 7.16. The van der Waals surface area contributed by atoms with E-state index in [0.29, 0.717) is 37.4 Å². The van der Waals surface area contributed by atoms with Crippen molar-refractivity contribution in [2.75, 3.05) is 19.6 Å². The van der Waals surface area contributed by atoms with Crippen LogP contribution in [0.3, 0.4) is 0 Å². The van der Waals surface area contributed by atoms with Gasteiger partial charge in [0.25, 0.3) is 0 Å². The summed E-state index contributed by atoms with van der Waals surface area (Å²) in [6, 6.07) is 10.9. The van der Waals surface area contributed by atoms with Crippen molar-refractivity contribution in [3.05, 3.63) is 59.0 Å². The van der Waals surface area contributed by atoms with Crippen molar-refractivity contribution in [2.45, 2.75) is 63.3 Å². The van der Waals surface area contributed by atoms with E-state index in [1.807, 2.05) is 62.1 Å². The fourth-order valence-electron chi connectivity index (χ4n) is 5.59. The second-order valence-corrected chi connectivity index (χ2v) is 11.4. The van der Waals surface area contributed by atoms with Crippen LogP contribution in [0.4, 0.5) is 0 Å². The number of amides is 1. The molecule has 0 bridgehead atoms. The molecule has 0 aliphatic carbocycles. The number of likely N-dealkylation sites (tertiary alicyclic amines) is 1. The van der Waals surface area contributed by atoms with Gasteiger partial charge in [-0.25, -0.2) is 13.4 Å². The van der Waals surface area contributed by atoms with E-state index in [1.165, 1.54) is 4.31 Å². The molecule has 1 aromatic heterocycles. The fraction of sp³-hybridized carbons (Fsp3) is 0.462. The van der Waals surface area contributed by atoms with E-state index < -0.39 is 16.1 Å². The summed E-state index contributed by atoms with van der Waals surface area (Å²) in [5.41, 5.74) is 4.13. The van der Waals surface area contributed by atoms with Crippen LogP contribution < -0.4 is 0 Å². The number of rotatable bonds is 4. The molecule has 2 saturated heterocycles. The molecule has 34 heavy (non-hydrogen) atoms. The first-order valence-corrected chi connectivity index (χ1v) is 13.4. The zero-order valence-corrected chi connectivity index (χ0v) is 20.8. The van der Waals surface area contributed by atoms with E-state index in [1.54, 1.807) is 0 Å². The minimum absolute atomic E-state index is 0.0838. The van der Waals surface area contributed by atoms with Gasteiger partial charge in [0.05, 0.1) is 4.90 Å². The zero-order chi connectivity index (χ0) is 24.0. The second kappa shape index (κ2) is 8.82. The number of oxazole rings is 1. The number of fused-ring (bicyclic) bond motifs is 1. The maximum absolute atomic E-state index is 13.6. The Bertz CT molecular complexity index is 1280. The number of sulfonamides is 1. The van der Waals surface area contributed by atoms with Gasteiger partial charge in [0, 0.05) is 25.6 Å². The third-order valence-electron chi connectivity index (χ3n) is 7.13. The molecule has 0 N–H and O–H groups in total. The molecule has 5 rings (SSSR count). The summed E-state index contributed by atoms with van der Waals surface area (Å²) in [7, 11) is -3.76. The molecule has 2 aliphatic rings. The van der Waals surface area contributed by atoms with Crippen LogP contribution in [-0.4, -0.2) is 54.2 Å². The zero-order valence-electron chi connectivity index (χ0n) is 20.0. The van der Waals surface area contributed by atoms with Gasteiger partial charge in [-0.1, -0.05) is 29.8 Å². The molecular formula is C26H31N3O4S. The second-order valence-electron chi connectivity index (χ2n) is 9.62. The van der Waals surface area contributed by atoms with Gasteiger partial charge in [-0.3, -0.25) is 4.79 Å². The van der Waals surface area contributed by atoms with Crippen LogP contribution in [0.15, 0.2) is 45.7 Å². The summed E-state index contributed by atoms with van der Waals surface area (Å²) in [5, 5.41) is 0. The molecular weight excluding hydrogens is 450 g/mol. The van der Waals surface area contributed by atoms with Crippen LogP contribution in [0.1, 0.15) is 54.2 Å². The molecule has 0 spiro atoms. The van der Waals surface area contributed by atoms with Crippen molar-refractivity contribution >= 4 is 27.0 Å². The minimum atomic E-state index is -3.76. The van der Waals surface area contributed by atoms with Gasteiger partial charge < -0.3 is 9.32 Å². The highest BCUT2D eigenvalue weighted by Crippen LogP contribution is 2.34. The molecule has 0 saturated carbocycles. The monoisotopic (exact) mass is 481 g/mol. The lowest BCUT2D eigenvalue weighted by Crippen LogP contribution is -2.49. The van der Waals surface area contributed by atoms with Gasteiger partial charge in [0.1, 0.15) is 11.6 Å². The standard InChI is InChI=1S/C26H31N3O4S/c1-17-15-18(2)24(19(3)16-17)34(31,32)29-12-6-8-22(29)26(30)28-13-10-20(11-14-28)25-27-21-7-4-5-9-23(21)33-25/h4-5,7,9,15-16,20,22H,6,8,10-14H2,1-3H3. The number of hydrogen-bond donors (Lipinski definition) is 0. The van der Waals surface area contributed by atoms with Gasteiger partial charge in [-0.15, -0.1) is 0 Å². The van der Waals surface area contributed by atoms with Crippen LogP contribution in [0.25, 0.3) is 11.1 Å². The van der Waals surface area contributed by atoms with Gasteiger partial charge in [-0.2, -0.15) is 4.31 Å². The summed E-state index contributed by atoms with van der Waals surface area (Å²) >= 11 is 0. The van der Waals surface area contributed by atoms with Crippen LogP contribution in [0.5, 0.6) is 0 Å². The third kappa shape index (κ3) is 4.03. The Hall–Kier alpha value is -2.71. The molecule has 7 nitrogen and oxygen atoms in total. The van der Waals surface area contributed by atoms with Crippen molar-refractivity contribution in [1.29, 1.82) is 0 Å². The number of piperidine rings is 1. The van der Waals surface area contributed by atoms with Crippen LogP contribution >= 0.6 is 0 Å². The summed E-state index contributed by atoms with van der Waals surface area (Å²) in [6.07, 6.45) is 2.77. The fourth-order valence-corrected chi connectivity index (χ4v) is 7.65. The third-order valence-corrected chi connectivity index (χ3v) is 9.34. The Morgan fingerprint density at radius 3 is 2.35 bits per heavy atom. The molecule has 1 atom stereocenters. The average molecular weight is 482 g/mol. The Labute approximate surface area is 200 Å². The van der Waals surface area contributed by atoms with E-state index in [9.17, 15) is 13.2 Å². The lowest BCUT2D eigenvalue weighted by Gasteiger charge is -2.34. The normalized spacial score (nSPS) is 20.3. The average Bonchev–Trinajstić information content (AvgIpc) is 3.45. The van der Waals surface area contributed by atoms with Crippen LogP contribution in [-0.2, 0) is 14.8 Å². The Balaban J connectivity index is 1.31. The topological polar surface area (TPSA) is 83.7 Å². The predicted molar refractivity (Wildman–Crippen MR) is 130 cm³/mol. The van der Waals surface area contributed by atoms with E-state index in [4.69, 9.17) is 4.42 Å². The molecule has 8 heteroatoms. The lowest BCUT2D eigenvalue weighted by molar-refractivity contribution is -0.135. The first kappa shape index (κ1) is 23.1. The molecule has 3 aromatic rings. The first-order valence-electron chi connectivity index (χ1n) is 12.0. The molecule has 0 radical (unpaired) electrons. The number of benzene rings is 2. The first-order chi connectivity index (χ1) is 16.3. The molecule has 1 amide bonds. The predicted octanol–water partition coefficient (Wildman–Crippen LogP) is 4.31. The quantitative estimate of drug-likeness (QED) is 0.554. The number of carbonyl (C=O) groups is 1. The van der Waals surface area contributed by atoms with E-state index in [0.717, 1.165) is 46.5 Å². The maximum atomic E-state index is 13.6. The van der Waals surface area contributed by atoms with Gasteiger partial charge in [0.2, 0.25) is 15.9 Å². The van der Waals surface area contributed by atoms with Gasteiger partial charge in [0.15, 0.2) is 11.5 Å². The smallest absolute Gasteiger partial charge is 0.244 e. The maximum Gasteiger partial charge on any atom is 0.244 e. The number of nitrogens with zero attached hydrogens (tertiary/aromatic N) is 3. The highest BCUT2D eigenvalue weighted by molar-refractivity contribution is 7.89. The lowest BCUT2D eigenvalue weighted by atomic mass is 9.96. The van der Waals surface area contributed by atoms with Crippen molar-refractivity contribution in [3.8, 4) is 0 Å². The summed E-state index contributed by atoms with van der Waals surface area (Å²) in [5.74, 6) is 0.806.